The van der Waals surface area contributed by atoms with E-state index in [4.69, 9.17) is 13.9 Å². The molecule has 7 rings (SSSR count). The fourth-order valence-corrected chi connectivity index (χ4v) is 10.9. The van der Waals surface area contributed by atoms with Crippen LogP contribution in [0.25, 0.3) is 21.9 Å². The Morgan fingerprint density at radius 1 is 0.826 bits per heavy atom. The second-order valence-corrected chi connectivity index (χ2v) is 17.8. The average molecular weight is 659 g/mol. The van der Waals surface area contributed by atoms with Crippen LogP contribution in [0.4, 0.5) is 8.78 Å². The lowest BCUT2D eigenvalue weighted by Gasteiger charge is -2.56. The number of hydrogen-bond donors (Lipinski definition) is 1. The molecule has 0 radical (unpaired) electrons. The normalized spacial score (nSPS) is 25.7. The molecule has 0 spiro atoms. The first kappa shape index (κ1) is 33.8. The minimum Gasteiger partial charge on any atom is -0.490 e. The molecule has 1 unspecified atom stereocenters. The smallest absolute Gasteiger partial charge is 0.208 e. The van der Waals surface area contributed by atoms with Crippen LogP contribution in [-0.2, 0) is 4.57 Å². The van der Waals surface area contributed by atoms with Crippen molar-refractivity contribution < 1.29 is 32.1 Å². The van der Waals surface area contributed by atoms with Gasteiger partial charge in [0, 0.05) is 28.5 Å². The highest BCUT2D eigenvalue weighted by molar-refractivity contribution is 7.57. The summed E-state index contributed by atoms with van der Waals surface area (Å²) in [5.74, 6) is 1.87. The van der Waals surface area contributed by atoms with Crippen LogP contribution in [0, 0.1) is 40.7 Å². The van der Waals surface area contributed by atoms with Gasteiger partial charge in [-0.25, -0.2) is 0 Å². The topological polar surface area (TPSA) is 68.9 Å². The summed E-state index contributed by atoms with van der Waals surface area (Å²) in [5.41, 5.74) is 0.144. The molecule has 254 valence electrons. The van der Waals surface area contributed by atoms with Crippen molar-refractivity contribution in [2.75, 3.05) is 25.5 Å². The van der Waals surface area contributed by atoms with Gasteiger partial charge in [-0.2, -0.15) is 8.78 Å². The number of unbranched alkanes of at least 4 members (excludes halogenated alkanes) is 5. The third kappa shape index (κ3) is 7.78. The van der Waals surface area contributed by atoms with Gasteiger partial charge >= 0.3 is 0 Å². The minimum absolute atomic E-state index is 0.00776. The molecule has 4 aliphatic carbocycles. The summed E-state index contributed by atoms with van der Waals surface area (Å²) in [6.07, 6.45) is 17.1. The Kier molecular flexibility index (Phi) is 10.7. The van der Waals surface area contributed by atoms with E-state index in [1.165, 1.54) is 64.2 Å². The van der Waals surface area contributed by atoms with Crippen LogP contribution >= 0.6 is 7.37 Å². The first-order valence-corrected chi connectivity index (χ1v) is 20.1. The molecule has 4 saturated carbocycles. The van der Waals surface area contributed by atoms with Crippen molar-refractivity contribution in [1.29, 1.82) is 0 Å². The first-order valence-electron chi connectivity index (χ1n) is 18.0. The number of fused-ring (bicyclic) bond motifs is 3. The van der Waals surface area contributed by atoms with Gasteiger partial charge in [-0.05, 0) is 112 Å². The van der Waals surface area contributed by atoms with Crippen molar-refractivity contribution in [2.45, 2.75) is 110 Å². The predicted molar refractivity (Wildman–Crippen MR) is 181 cm³/mol. The molecule has 2 aromatic carbocycles. The molecule has 0 saturated heterocycles. The Hall–Kier alpha value is -2.11. The van der Waals surface area contributed by atoms with Crippen LogP contribution in [0.3, 0.4) is 0 Å². The van der Waals surface area contributed by atoms with Crippen LogP contribution in [-0.4, -0.2) is 30.4 Å². The zero-order valence-corrected chi connectivity index (χ0v) is 28.7. The number of furan rings is 1. The number of ether oxygens (including phenoxy) is 2. The maximum absolute atomic E-state index is 15.7. The largest absolute Gasteiger partial charge is 0.490 e. The van der Waals surface area contributed by atoms with Gasteiger partial charge in [0.05, 0.1) is 13.2 Å². The standard InChI is InChI=1S/C38H53F2O5P/c1-3-4-5-7-10-26(2)15-18-46(41,42)17-9-6-8-16-43-32-13-11-30-31-12-14-33(35(40)37(31)45-36(30)34(32)39)44-25-38-22-27-19-28(23-38)21-29(20-27)24-38/h11-14,26-29H,3-10,15-25H2,1-2H3,(H,41,42)/t26-,27?,28?,29?,38?/m0/s1. The lowest BCUT2D eigenvalue weighted by atomic mass is 9.50. The highest BCUT2D eigenvalue weighted by Crippen LogP contribution is 2.60. The van der Waals surface area contributed by atoms with Gasteiger partial charge in [0.25, 0.3) is 0 Å². The molecule has 1 aromatic heterocycles. The molecule has 4 aliphatic rings. The zero-order valence-electron chi connectivity index (χ0n) is 27.8. The van der Waals surface area contributed by atoms with E-state index in [-0.39, 0.29) is 34.7 Å². The van der Waals surface area contributed by atoms with Crippen molar-refractivity contribution in [3.05, 3.63) is 35.9 Å². The van der Waals surface area contributed by atoms with Crippen molar-refractivity contribution in [2.24, 2.45) is 29.1 Å². The van der Waals surface area contributed by atoms with Crippen LogP contribution in [0.5, 0.6) is 11.5 Å². The molecule has 3 aromatic rings. The fourth-order valence-electron chi connectivity index (χ4n) is 9.14. The number of benzene rings is 2. The van der Waals surface area contributed by atoms with E-state index >= 15 is 8.78 Å². The summed E-state index contributed by atoms with van der Waals surface area (Å²) in [7, 11) is -3.13. The van der Waals surface area contributed by atoms with E-state index in [1.807, 2.05) is 0 Å². The molecule has 0 amide bonds. The Morgan fingerprint density at radius 2 is 1.41 bits per heavy atom. The monoisotopic (exact) mass is 658 g/mol. The average Bonchev–Trinajstić information content (AvgIpc) is 3.40. The van der Waals surface area contributed by atoms with E-state index in [0.29, 0.717) is 48.5 Å². The van der Waals surface area contributed by atoms with Gasteiger partial charge in [0.15, 0.2) is 22.7 Å². The van der Waals surface area contributed by atoms with E-state index in [2.05, 4.69) is 13.8 Å². The molecule has 1 N–H and O–H groups in total. The Morgan fingerprint density at radius 3 is 2.02 bits per heavy atom. The predicted octanol–water partition coefficient (Wildman–Crippen LogP) is 11.3. The molecule has 5 nitrogen and oxygen atoms in total. The van der Waals surface area contributed by atoms with Gasteiger partial charge in [0.2, 0.25) is 19.0 Å². The second-order valence-electron chi connectivity index (χ2n) is 15.3. The highest BCUT2D eigenvalue weighted by atomic mass is 31.2. The summed E-state index contributed by atoms with van der Waals surface area (Å²) in [6, 6.07) is 6.68. The molecule has 4 fully saturated rings. The summed E-state index contributed by atoms with van der Waals surface area (Å²) >= 11 is 0. The van der Waals surface area contributed by atoms with E-state index < -0.39 is 19.0 Å². The van der Waals surface area contributed by atoms with Crippen LogP contribution in [0.2, 0.25) is 0 Å². The summed E-state index contributed by atoms with van der Waals surface area (Å²) < 4.78 is 61.4. The Labute approximate surface area is 273 Å². The maximum atomic E-state index is 15.7. The molecular formula is C38H53F2O5P. The van der Waals surface area contributed by atoms with Crippen molar-refractivity contribution in [1.82, 2.24) is 0 Å². The van der Waals surface area contributed by atoms with Crippen molar-refractivity contribution >= 4 is 29.3 Å². The Bertz CT molecular complexity index is 1500. The quantitative estimate of drug-likeness (QED) is 0.109. The van der Waals surface area contributed by atoms with Gasteiger partial charge < -0.3 is 18.8 Å². The minimum atomic E-state index is -3.13. The molecule has 0 aliphatic heterocycles. The van der Waals surface area contributed by atoms with Crippen LogP contribution < -0.4 is 9.47 Å². The zero-order chi connectivity index (χ0) is 32.3. The lowest BCUT2D eigenvalue weighted by molar-refractivity contribution is -0.0749. The highest BCUT2D eigenvalue weighted by Gasteiger charge is 2.51. The van der Waals surface area contributed by atoms with E-state index in [9.17, 15) is 9.46 Å². The molecule has 2 atom stereocenters. The van der Waals surface area contributed by atoms with Crippen LogP contribution in [0.15, 0.2) is 28.7 Å². The molecule has 8 heteroatoms. The third-order valence-electron chi connectivity index (χ3n) is 11.2. The summed E-state index contributed by atoms with van der Waals surface area (Å²) in [6.45, 7) is 5.19. The summed E-state index contributed by atoms with van der Waals surface area (Å²) in [4.78, 5) is 10.4. The second kappa shape index (κ2) is 14.6. The number of rotatable bonds is 18. The van der Waals surface area contributed by atoms with Crippen LogP contribution in [0.1, 0.15) is 110 Å². The lowest BCUT2D eigenvalue weighted by Crippen LogP contribution is -2.48. The van der Waals surface area contributed by atoms with E-state index in [1.54, 1.807) is 24.3 Å². The van der Waals surface area contributed by atoms with Gasteiger partial charge in [-0.15, -0.1) is 0 Å². The SMILES string of the molecule is CCCCCC[C@H](C)CCP(=O)(O)CCCCCOc1ccc2c(oc3c(F)c(OCC45CC6CC(CC(C6)C4)C5)ccc32)c1F. The van der Waals surface area contributed by atoms with E-state index in [0.717, 1.165) is 37.0 Å². The third-order valence-corrected chi connectivity index (χ3v) is 13.2. The molecule has 46 heavy (non-hydrogen) atoms. The maximum Gasteiger partial charge on any atom is 0.208 e. The van der Waals surface area contributed by atoms with Gasteiger partial charge in [-0.1, -0.05) is 46.0 Å². The number of hydrogen-bond acceptors (Lipinski definition) is 4. The molecule has 4 bridgehead atoms. The molecule has 1 heterocycles. The van der Waals surface area contributed by atoms with Crippen molar-refractivity contribution in [3.63, 3.8) is 0 Å². The first-order chi connectivity index (χ1) is 22.2. The Balaban J connectivity index is 0.982. The molecular weight excluding hydrogens is 605 g/mol. The summed E-state index contributed by atoms with van der Waals surface area (Å²) in [5, 5.41) is 1.01. The van der Waals surface area contributed by atoms with Crippen molar-refractivity contribution in [3.8, 4) is 11.5 Å². The van der Waals surface area contributed by atoms with Gasteiger partial charge in [0.1, 0.15) is 0 Å². The van der Waals surface area contributed by atoms with Gasteiger partial charge in [-0.3, -0.25) is 4.57 Å². The fraction of sp³-hybridized carbons (Fsp3) is 0.684. The number of halogens is 2.